The van der Waals surface area contributed by atoms with Gasteiger partial charge in [0.2, 0.25) is 6.79 Å². The molecular weight excluding hydrogens is 436 g/mol. The second-order valence-corrected chi connectivity index (χ2v) is 9.13. The Morgan fingerprint density at radius 2 is 1.79 bits per heavy atom. The molecule has 0 amide bonds. The first-order valence-electron chi connectivity index (χ1n) is 11.4. The zero-order valence-electron chi connectivity index (χ0n) is 19.2. The number of ether oxygens (including phenoxy) is 3. The number of fused-ring (bicyclic) bond motifs is 1. The van der Waals surface area contributed by atoms with Crippen LogP contribution >= 0.6 is 11.3 Å². The van der Waals surface area contributed by atoms with Crippen LogP contribution in [-0.4, -0.2) is 29.6 Å². The first-order chi connectivity index (χ1) is 16.1. The number of unbranched alkanes of at least 4 members (excludes halogenated alkanes) is 2. The monoisotopic (exact) mass is 466 g/mol. The third-order valence-electron chi connectivity index (χ3n) is 5.61. The number of aromatic nitrogens is 1. The number of benzene rings is 2. The molecule has 2 aromatic carbocycles. The molecule has 0 unspecified atom stereocenters. The minimum absolute atomic E-state index is 0.142. The lowest BCUT2D eigenvalue weighted by Crippen LogP contribution is -2.22. The van der Waals surface area contributed by atoms with E-state index in [-0.39, 0.29) is 12.6 Å². The van der Waals surface area contributed by atoms with E-state index in [1.807, 2.05) is 29.6 Å². The number of carbonyl (C=O) groups excluding carboxylic acids is 1. The number of rotatable bonds is 12. The van der Waals surface area contributed by atoms with E-state index in [1.165, 1.54) is 5.56 Å². The van der Waals surface area contributed by atoms with Gasteiger partial charge < -0.3 is 14.2 Å². The van der Waals surface area contributed by atoms with Gasteiger partial charge in [0.05, 0.1) is 13.7 Å². The normalized spacial score (nSPS) is 12.3. The maximum Gasteiger partial charge on any atom is 0.231 e. The van der Waals surface area contributed by atoms with Crippen LogP contribution in [0.5, 0.6) is 17.2 Å². The first kappa shape index (κ1) is 23.3. The van der Waals surface area contributed by atoms with Gasteiger partial charge in [-0.05, 0) is 41.8 Å². The highest BCUT2D eigenvalue weighted by atomic mass is 32.1. The number of hydrogen-bond acceptors (Lipinski definition) is 7. The molecule has 0 aliphatic carbocycles. The molecule has 1 aliphatic heterocycles. The van der Waals surface area contributed by atoms with Crippen LogP contribution in [0.3, 0.4) is 0 Å². The van der Waals surface area contributed by atoms with Crippen molar-refractivity contribution in [2.45, 2.75) is 52.2 Å². The average Bonchev–Trinajstić information content (AvgIpc) is 3.49. The van der Waals surface area contributed by atoms with E-state index >= 15 is 0 Å². The van der Waals surface area contributed by atoms with Gasteiger partial charge in [-0.3, -0.25) is 9.69 Å². The Morgan fingerprint density at radius 1 is 1.03 bits per heavy atom. The van der Waals surface area contributed by atoms with Crippen LogP contribution in [0, 0.1) is 0 Å². The lowest BCUT2D eigenvalue weighted by atomic mass is 10.1. The fraction of sp³-hybridized carbons (Fsp3) is 0.385. The lowest BCUT2D eigenvalue weighted by molar-refractivity contribution is 0.0974. The molecule has 0 N–H and O–H groups in total. The van der Waals surface area contributed by atoms with Crippen molar-refractivity contribution in [3.8, 4) is 17.2 Å². The van der Waals surface area contributed by atoms with Crippen molar-refractivity contribution in [1.82, 2.24) is 9.88 Å². The summed E-state index contributed by atoms with van der Waals surface area (Å²) in [5, 5.41) is 2.85. The number of hydrogen-bond donors (Lipinski definition) is 0. The third kappa shape index (κ3) is 6.33. The van der Waals surface area contributed by atoms with E-state index in [9.17, 15) is 4.79 Å². The molecule has 0 saturated heterocycles. The molecule has 4 rings (SSSR count). The number of ketones is 1. The molecule has 0 fully saturated rings. The summed E-state index contributed by atoms with van der Waals surface area (Å²) in [5.74, 6) is 2.55. The molecule has 1 aromatic heterocycles. The second-order valence-electron chi connectivity index (χ2n) is 8.19. The molecule has 0 spiro atoms. The van der Waals surface area contributed by atoms with Gasteiger partial charge in [0.25, 0.3) is 0 Å². The molecule has 7 heteroatoms. The number of thiazole rings is 1. The van der Waals surface area contributed by atoms with E-state index in [4.69, 9.17) is 14.2 Å². The molecule has 2 heterocycles. The molecule has 33 heavy (non-hydrogen) atoms. The summed E-state index contributed by atoms with van der Waals surface area (Å²) in [4.78, 5) is 19.4. The van der Waals surface area contributed by atoms with E-state index < -0.39 is 0 Å². The molecule has 6 nitrogen and oxygen atoms in total. The smallest absolute Gasteiger partial charge is 0.231 e. The highest BCUT2D eigenvalue weighted by Crippen LogP contribution is 2.33. The molecular formula is C26H30N2O4S. The molecule has 0 radical (unpaired) electrons. The van der Waals surface area contributed by atoms with Gasteiger partial charge in [0.1, 0.15) is 16.5 Å². The third-order valence-corrected chi connectivity index (χ3v) is 6.45. The lowest BCUT2D eigenvalue weighted by Gasteiger charge is -2.22. The number of methoxy groups -OCH3 is 1. The quantitative estimate of drug-likeness (QED) is 0.247. The second kappa shape index (κ2) is 11.3. The Kier molecular flexibility index (Phi) is 7.96. The Balaban J connectivity index is 1.48. The minimum Gasteiger partial charge on any atom is -0.497 e. The zero-order valence-corrected chi connectivity index (χ0v) is 20.0. The van der Waals surface area contributed by atoms with Crippen LogP contribution < -0.4 is 14.2 Å². The summed E-state index contributed by atoms with van der Waals surface area (Å²) in [6.07, 6.45) is 3.68. The van der Waals surface area contributed by atoms with Crippen molar-refractivity contribution in [1.29, 1.82) is 0 Å². The van der Waals surface area contributed by atoms with Crippen molar-refractivity contribution in [2.75, 3.05) is 13.9 Å². The van der Waals surface area contributed by atoms with Crippen molar-refractivity contribution < 1.29 is 19.0 Å². The maximum atomic E-state index is 12.5. The van der Waals surface area contributed by atoms with Gasteiger partial charge in [0.15, 0.2) is 17.3 Å². The SMILES string of the molecule is CCCCCC(=O)c1csc(CN(Cc2ccc(OC)cc2)Cc2ccc3c(c2)OCO3)n1. The van der Waals surface area contributed by atoms with Crippen molar-refractivity contribution >= 4 is 17.1 Å². The van der Waals surface area contributed by atoms with Gasteiger partial charge in [-0.25, -0.2) is 4.98 Å². The molecule has 3 aromatic rings. The van der Waals surface area contributed by atoms with Crippen LogP contribution in [0.25, 0.3) is 0 Å². The largest absolute Gasteiger partial charge is 0.497 e. The summed E-state index contributed by atoms with van der Waals surface area (Å²) >= 11 is 1.55. The topological polar surface area (TPSA) is 60.9 Å². The zero-order chi connectivity index (χ0) is 23.0. The Hall–Kier alpha value is -2.90. The van der Waals surface area contributed by atoms with Crippen LogP contribution in [0.1, 0.15) is 59.2 Å². The van der Waals surface area contributed by atoms with Crippen LogP contribution in [-0.2, 0) is 19.6 Å². The predicted octanol–water partition coefficient (Wildman–Crippen LogP) is 5.85. The van der Waals surface area contributed by atoms with Crippen LogP contribution in [0.15, 0.2) is 47.8 Å². The molecule has 0 saturated carbocycles. The standard InChI is InChI=1S/C26H30N2O4S/c1-3-4-5-6-23(29)22-17-33-26(27-22)16-28(14-19-7-10-21(30-2)11-8-19)15-20-9-12-24-25(13-20)32-18-31-24/h7-13,17H,3-6,14-16,18H2,1-2H3. The Bertz CT molecular complexity index is 1060. The van der Waals surface area contributed by atoms with Crippen molar-refractivity contribution in [2.24, 2.45) is 0 Å². The molecule has 174 valence electrons. The Morgan fingerprint density at radius 3 is 2.58 bits per heavy atom. The van der Waals surface area contributed by atoms with Crippen LogP contribution in [0.2, 0.25) is 0 Å². The highest BCUT2D eigenvalue weighted by Gasteiger charge is 2.17. The highest BCUT2D eigenvalue weighted by molar-refractivity contribution is 7.09. The predicted molar refractivity (Wildman–Crippen MR) is 129 cm³/mol. The molecule has 0 bridgehead atoms. The fourth-order valence-corrected chi connectivity index (χ4v) is 4.66. The maximum absolute atomic E-state index is 12.5. The molecule has 1 aliphatic rings. The number of Topliss-reactive ketones (excluding diaryl/α,β-unsaturated/α-hetero) is 1. The van der Waals surface area contributed by atoms with Gasteiger partial charge in [-0.1, -0.05) is 38.0 Å². The summed E-state index contributed by atoms with van der Waals surface area (Å²) in [6, 6.07) is 14.2. The summed E-state index contributed by atoms with van der Waals surface area (Å²) in [6.45, 7) is 4.54. The minimum atomic E-state index is 0.142. The fourth-order valence-electron chi connectivity index (χ4n) is 3.82. The summed E-state index contributed by atoms with van der Waals surface area (Å²) in [7, 11) is 1.67. The van der Waals surface area contributed by atoms with E-state index in [2.05, 4.69) is 35.0 Å². The van der Waals surface area contributed by atoms with Gasteiger partial charge in [-0.2, -0.15) is 0 Å². The summed E-state index contributed by atoms with van der Waals surface area (Å²) < 4.78 is 16.3. The van der Waals surface area contributed by atoms with Gasteiger partial charge >= 0.3 is 0 Å². The van der Waals surface area contributed by atoms with Crippen molar-refractivity contribution in [3.05, 3.63) is 69.7 Å². The first-order valence-corrected chi connectivity index (χ1v) is 12.2. The van der Waals surface area contributed by atoms with E-state index in [1.54, 1.807) is 18.4 Å². The van der Waals surface area contributed by atoms with Gasteiger partial charge in [0, 0.05) is 24.9 Å². The van der Waals surface area contributed by atoms with Crippen molar-refractivity contribution in [3.63, 3.8) is 0 Å². The van der Waals surface area contributed by atoms with E-state index in [0.29, 0.717) is 18.7 Å². The van der Waals surface area contributed by atoms with Gasteiger partial charge in [-0.15, -0.1) is 11.3 Å². The summed E-state index contributed by atoms with van der Waals surface area (Å²) in [5.41, 5.74) is 2.92. The number of nitrogens with zero attached hydrogens (tertiary/aromatic N) is 2. The van der Waals surface area contributed by atoms with E-state index in [0.717, 1.165) is 60.2 Å². The number of carbonyl (C=O) groups is 1. The average molecular weight is 467 g/mol. The van der Waals surface area contributed by atoms with Crippen LogP contribution in [0.4, 0.5) is 0 Å². The Labute approximate surface area is 199 Å². The molecule has 0 atom stereocenters.